The highest BCUT2D eigenvalue weighted by Gasteiger charge is 2.17. The Kier molecular flexibility index (Phi) is 7.32. The van der Waals surface area contributed by atoms with E-state index in [1.807, 2.05) is 48.9 Å². The van der Waals surface area contributed by atoms with Crippen LogP contribution >= 0.6 is 27.7 Å². The van der Waals surface area contributed by atoms with Crippen LogP contribution in [0.2, 0.25) is 0 Å². The molecule has 142 valence electrons. The lowest BCUT2D eigenvalue weighted by molar-refractivity contribution is -0.137. The smallest absolute Gasteiger partial charge is 0.260 e. The Morgan fingerprint density at radius 3 is 2.81 bits per heavy atom. The minimum atomic E-state index is -0.0236. The zero-order valence-electron chi connectivity index (χ0n) is 15.1. The first-order chi connectivity index (χ1) is 13.2. The van der Waals surface area contributed by atoms with Gasteiger partial charge >= 0.3 is 0 Å². The number of benzene rings is 2. The molecule has 0 bridgehead atoms. The fraction of sp³-hybridized carbons (Fsp3) is 0.300. The van der Waals surface area contributed by atoms with E-state index in [1.54, 1.807) is 16.7 Å². The third kappa shape index (κ3) is 5.57. The van der Waals surface area contributed by atoms with Crippen molar-refractivity contribution in [2.24, 2.45) is 4.99 Å². The molecule has 2 aromatic carbocycles. The minimum absolute atomic E-state index is 0.0210. The number of carbonyl (C=O) groups excluding carboxylic acids is 1. The molecule has 1 saturated heterocycles. The summed E-state index contributed by atoms with van der Waals surface area (Å²) < 4.78 is 11.7. The molecule has 0 N–H and O–H groups in total. The van der Waals surface area contributed by atoms with Gasteiger partial charge in [-0.2, -0.15) is 0 Å². The summed E-state index contributed by atoms with van der Waals surface area (Å²) in [5.41, 5.74) is 1.89. The number of halogens is 1. The summed E-state index contributed by atoms with van der Waals surface area (Å²) in [6.07, 6.45) is 3.86. The summed E-state index contributed by atoms with van der Waals surface area (Å²) in [4.78, 5) is 19.6. The molecule has 1 heterocycles. The molecular weight excluding hydrogens is 428 g/mol. The van der Waals surface area contributed by atoms with E-state index in [0.717, 1.165) is 20.6 Å². The van der Waals surface area contributed by atoms with Gasteiger partial charge in [0, 0.05) is 24.2 Å². The highest BCUT2D eigenvalue weighted by atomic mass is 79.9. The zero-order chi connectivity index (χ0) is 19.1. The van der Waals surface area contributed by atoms with Gasteiger partial charge in [-0.15, -0.1) is 11.8 Å². The van der Waals surface area contributed by atoms with Crippen LogP contribution in [0.1, 0.15) is 5.56 Å². The van der Waals surface area contributed by atoms with Crippen molar-refractivity contribution >= 4 is 45.5 Å². The molecule has 0 unspecified atom stereocenters. The molecule has 2 aromatic rings. The maximum Gasteiger partial charge on any atom is 0.260 e. The number of amides is 1. The van der Waals surface area contributed by atoms with Gasteiger partial charge < -0.3 is 14.4 Å². The molecule has 0 atom stereocenters. The van der Waals surface area contributed by atoms with Crippen molar-refractivity contribution in [1.29, 1.82) is 0 Å². The fourth-order valence-corrected chi connectivity index (χ4v) is 3.69. The van der Waals surface area contributed by atoms with Crippen molar-refractivity contribution in [3.8, 4) is 5.75 Å². The number of ether oxygens (including phenoxy) is 2. The van der Waals surface area contributed by atoms with Crippen LogP contribution in [0.5, 0.6) is 5.75 Å². The largest absolute Gasteiger partial charge is 0.483 e. The highest BCUT2D eigenvalue weighted by molar-refractivity contribution is 9.10. The van der Waals surface area contributed by atoms with Gasteiger partial charge in [0.15, 0.2) is 6.61 Å². The molecule has 0 aliphatic carbocycles. The molecule has 5 nitrogen and oxygen atoms in total. The molecular formula is C20H21BrN2O3S. The molecule has 0 saturated carbocycles. The Balaban J connectivity index is 1.61. The van der Waals surface area contributed by atoms with E-state index in [4.69, 9.17) is 9.47 Å². The van der Waals surface area contributed by atoms with Crippen molar-refractivity contribution in [1.82, 2.24) is 4.90 Å². The molecule has 7 heteroatoms. The van der Waals surface area contributed by atoms with Crippen LogP contribution in [0.15, 0.2) is 56.8 Å². The van der Waals surface area contributed by atoms with Gasteiger partial charge in [0.2, 0.25) is 0 Å². The molecule has 1 aliphatic rings. The molecule has 0 spiro atoms. The van der Waals surface area contributed by atoms with Crippen LogP contribution < -0.4 is 4.74 Å². The van der Waals surface area contributed by atoms with Crippen molar-refractivity contribution in [3.05, 3.63) is 52.5 Å². The van der Waals surface area contributed by atoms with Crippen LogP contribution in [0.3, 0.4) is 0 Å². The maximum atomic E-state index is 12.2. The highest BCUT2D eigenvalue weighted by Crippen LogP contribution is 2.28. The number of nitrogens with zero attached hydrogens (tertiary/aromatic N) is 2. The molecule has 0 radical (unpaired) electrons. The van der Waals surface area contributed by atoms with E-state index >= 15 is 0 Å². The Morgan fingerprint density at radius 2 is 2.07 bits per heavy atom. The van der Waals surface area contributed by atoms with Crippen molar-refractivity contribution in [2.75, 3.05) is 39.2 Å². The Labute approximate surface area is 171 Å². The number of aliphatic imine (C=N–C) groups is 1. The second kappa shape index (κ2) is 9.92. The average Bonchev–Trinajstić information content (AvgIpc) is 2.72. The maximum absolute atomic E-state index is 12.2. The minimum Gasteiger partial charge on any atom is -0.483 e. The number of hydrogen-bond acceptors (Lipinski definition) is 5. The quantitative estimate of drug-likeness (QED) is 0.491. The topological polar surface area (TPSA) is 51.1 Å². The van der Waals surface area contributed by atoms with Gasteiger partial charge in [-0.3, -0.25) is 9.79 Å². The Morgan fingerprint density at radius 1 is 1.30 bits per heavy atom. The van der Waals surface area contributed by atoms with E-state index in [0.29, 0.717) is 32.1 Å². The summed E-state index contributed by atoms with van der Waals surface area (Å²) >= 11 is 5.18. The van der Waals surface area contributed by atoms with Crippen molar-refractivity contribution in [3.63, 3.8) is 0 Å². The predicted octanol–water partition coefficient (Wildman–Crippen LogP) is 4.16. The van der Waals surface area contributed by atoms with E-state index in [1.165, 1.54) is 0 Å². The van der Waals surface area contributed by atoms with E-state index in [9.17, 15) is 4.79 Å². The molecule has 1 amide bonds. The summed E-state index contributed by atoms with van der Waals surface area (Å²) in [5.74, 6) is 0.614. The average molecular weight is 449 g/mol. The molecule has 0 aromatic heterocycles. The fourth-order valence-electron chi connectivity index (χ4n) is 2.64. The molecule has 3 rings (SSSR count). The zero-order valence-corrected chi connectivity index (χ0v) is 17.5. The van der Waals surface area contributed by atoms with Crippen molar-refractivity contribution in [2.45, 2.75) is 4.90 Å². The third-order valence-electron chi connectivity index (χ3n) is 4.11. The van der Waals surface area contributed by atoms with Gasteiger partial charge in [-0.25, -0.2) is 0 Å². The van der Waals surface area contributed by atoms with Gasteiger partial charge in [0.1, 0.15) is 5.75 Å². The lowest BCUT2D eigenvalue weighted by atomic mass is 10.2. The van der Waals surface area contributed by atoms with Gasteiger partial charge in [0.25, 0.3) is 5.91 Å². The molecule has 1 fully saturated rings. The summed E-state index contributed by atoms with van der Waals surface area (Å²) in [6.45, 7) is 2.44. The van der Waals surface area contributed by atoms with Crippen molar-refractivity contribution < 1.29 is 14.3 Å². The molecule has 27 heavy (non-hydrogen) atoms. The first kappa shape index (κ1) is 19.9. The summed E-state index contributed by atoms with van der Waals surface area (Å²) in [6, 6.07) is 13.7. The van der Waals surface area contributed by atoms with E-state index < -0.39 is 0 Å². The number of morpholine rings is 1. The van der Waals surface area contributed by atoms with Crippen LogP contribution in [0, 0.1) is 0 Å². The number of carbonyl (C=O) groups is 1. The predicted molar refractivity (Wildman–Crippen MR) is 113 cm³/mol. The van der Waals surface area contributed by atoms with Crippen LogP contribution in [0.4, 0.5) is 5.69 Å². The van der Waals surface area contributed by atoms with Crippen LogP contribution in [-0.4, -0.2) is 56.2 Å². The Bertz CT molecular complexity index is 823. The van der Waals surface area contributed by atoms with E-state index in [-0.39, 0.29) is 12.5 Å². The van der Waals surface area contributed by atoms with Gasteiger partial charge in [-0.1, -0.05) is 12.1 Å². The van der Waals surface area contributed by atoms with E-state index in [2.05, 4.69) is 27.0 Å². The first-order valence-electron chi connectivity index (χ1n) is 8.62. The standard InChI is InChI=1S/C20H21BrN2O3S/c1-27-19-5-3-2-4-17(19)22-13-15-6-7-18(16(21)12-15)26-14-20(24)23-8-10-25-11-9-23/h2-7,12-13H,8-11,14H2,1H3. The first-order valence-corrected chi connectivity index (χ1v) is 10.6. The third-order valence-corrected chi connectivity index (χ3v) is 5.51. The number of rotatable bonds is 6. The second-order valence-electron chi connectivity index (χ2n) is 5.90. The number of hydrogen-bond donors (Lipinski definition) is 0. The van der Waals surface area contributed by atoms with Gasteiger partial charge in [-0.05, 0) is 58.1 Å². The normalized spacial score (nSPS) is 14.5. The van der Waals surface area contributed by atoms with Crippen LogP contribution in [-0.2, 0) is 9.53 Å². The SMILES string of the molecule is CSc1ccccc1N=Cc1ccc(OCC(=O)N2CCOCC2)c(Br)c1. The monoisotopic (exact) mass is 448 g/mol. The lowest BCUT2D eigenvalue weighted by Crippen LogP contribution is -2.43. The lowest BCUT2D eigenvalue weighted by Gasteiger charge is -2.26. The summed E-state index contributed by atoms with van der Waals surface area (Å²) in [5, 5.41) is 0. The molecule has 1 aliphatic heterocycles. The number of para-hydroxylation sites is 1. The second-order valence-corrected chi connectivity index (χ2v) is 7.60. The van der Waals surface area contributed by atoms with Gasteiger partial charge in [0.05, 0.1) is 23.4 Å². The number of thioether (sulfide) groups is 1. The Hall–Kier alpha value is -1.83. The summed E-state index contributed by atoms with van der Waals surface area (Å²) in [7, 11) is 0. The van der Waals surface area contributed by atoms with Crippen LogP contribution in [0.25, 0.3) is 0 Å².